The number of carbonyl (C=O) groups excluding carboxylic acids is 1. The van der Waals surface area contributed by atoms with Gasteiger partial charge < -0.3 is 14.2 Å². The molecule has 0 radical (unpaired) electrons. The number of aromatic nitrogens is 1. The topological polar surface area (TPSA) is 82.0 Å². The van der Waals surface area contributed by atoms with Crippen molar-refractivity contribution in [3.63, 3.8) is 0 Å². The van der Waals surface area contributed by atoms with Crippen molar-refractivity contribution in [1.82, 2.24) is 4.98 Å². The van der Waals surface area contributed by atoms with Crippen molar-refractivity contribution in [1.29, 1.82) is 0 Å². The van der Waals surface area contributed by atoms with E-state index in [-0.39, 0.29) is 12.4 Å². The van der Waals surface area contributed by atoms with Crippen molar-refractivity contribution in [3.8, 4) is 11.5 Å². The predicted octanol–water partition coefficient (Wildman–Crippen LogP) is 4.27. The maximum atomic E-state index is 11.5. The number of ether oxygens (including phenoxy) is 3. The number of para-hydroxylation sites is 1. The molecule has 7 nitrogen and oxygen atoms in total. The molecule has 0 fully saturated rings. The van der Waals surface area contributed by atoms with E-state index >= 15 is 0 Å². The predicted molar refractivity (Wildman–Crippen MR) is 112 cm³/mol. The fourth-order valence-corrected chi connectivity index (χ4v) is 3.09. The van der Waals surface area contributed by atoms with E-state index in [1.807, 2.05) is 23.6 Å². The van der Waals surface area contributed by atoms with Gasteiger partial charge in [0.15, 0.2) is 11.5 Å². The van der Waals surface area contributed by atoms with E-state index in [1.165, 1.54) is 11.3 Å². The Morgan fingerprint density at radius 1 is 1.32 bits per heavy atom. The SMILES string of the molecule is CCCCCOc1c(C=NNc2nc(CC(=O)OCC)cs2)cccc1OC. The number of rotatable bonds is 12. The number of nitrogens with one attached hydrogen (secondary N) is 1. The van der Waals surface area contributed by atoms with Gasteiger partial charge in [0.25, 0.3) is 0 Å². The quantitative estimate of drug-likeness (QED) is 0.246. The van der Waals surface area contributed by atoms with E-state index in [0.717, 1.165) is 24.8 Å². The molecule has 152 valence electrons. The molecule has 2 rings (SSSR count). The van der Waals surface area contributed by atoms with E-state index in [4.69, 9.17) is 14.2 Å². The summed E-state index contributed by atoms with van der Waals surface area (Å²) < 4.78 is 16.3. The van der Waals surface area contributed by atoms with Crippen LogP contribution in [-0.2, 0) is 16.0 Å². The lowest BCUT2D eigenvalue weighted by molar-refractivity contribution is -0.142. The molecule has 0 spiro atoms. The lowest BCUT2D eigenvalue weighted by Crippen LogP contribution is -2.07. The monoisotopic (exact) mass is 405 g/mol. The van der Waals surface area contributed by atoms with E-state index < -0.39 is 0 Å². The molecule has 1 heterocycles. The summed E-state index contributed by atoms with van der Waals surface area (Å²) in [5.74, 6) is 1.06. The first-order valence-corrected chi connectivity index (χ1v) is 10.2. The first-order valence-electron chi connectivity index (χ1n) is 9.36. The van der Waals surface area contributed by atoms with E-state index in [0.29, 0.717) is 35.5 Å². The van der Waals surface area contributed by atoms with Gasteiger partial charge in [0.05, 0.1) is 38.7 Å². The summed E-state index contributed by atoms with van der Waals surface area (Å²) in [6, 6.07) is 5.67. The zero-order valence-corrected chi connectivity index (χ0v) is 17.4. The lowest BCUT2D eigenvalue weighted by Gasteiger charge is -2.12. The Morgan fingerprint density at radius 2 is 2.18 bits per heavy atom. The second-order valence-electron chi connectivity index (χ2n) is 5.93. The Hall–Kier alpha value is -2.61. The molecule has 1 aromatic heterocycles. The van der Waals surface area contributed by atoms with Crippen molar-refractivity contribution in [2.75, 3.05) is 25.7 Å². The van der Waals surface area contributed by atoms with Gasteiger partial charge in [-0.15, -0.1) is 11.3 Å². The molecule has 0 atom stereocenters. The Balaban J connectivity index is 1.99. The highest BCUT2D eigenvalue weighted by Gasteiger charge is 2.10. The fraction of sp³-hybridized carbons (Fsp3) is 0.450. The van der Waals surface area contributed by atoms with Crippen LogP contribution in [0.3, 0.4) is 0 Å². The van der Waals surface area contributed by atoms with Gasteiger partial charge in [-0.2, -0.15) is 5.10 Å². The van der Waals surface area contributed by atoms with Crippen LogP contribution >= 0.6 is 11.3 Å². The minimum atomic E-state index is -0.288. The number of benzene rings is 1. The van der Waals surface area contributed by atoms with Gasteiger partial charge in [0, 0.05) is 10.9 Å². The van der Waals surface area contributed by atoms with Crippen LogP contribution in [0.2, 0.25) is 0 Å². The number of methoxy groups -OCH3 is 1. The van der Waals surface area contributed by atoms with Crippen molar-refractivity contribution >= 4 is 28.7 Å². The van der Waals surface area contributed by atoms with Crippen LogP contribution in [-0.4, -0.2) is 37.5 Å². The first kappa shape index (κ1) is 21.7. The van der Waals surface area contributed by atoms with Crippen LogP contribution in [0.15, 0.2) is 28.7 Å². The van der Waals surface area contributed by atoms with Gasteiger partial charge >= 0.3 is 5.97 Å². The maximum absolute atomic E-state index is 11.5. The average molecular weight is 406 g/mol. The number of thiazole rings is 1. The van der Waals surface area contributed by atoms with Gasteiger partial charge in [-0.3, -0.25) is 10.2 Å². The molecular weight excluding hydrogens is 378 g/mol. The van der Waals surface area contributed by atoms with Crippen LogP contribution in [0.4, 0.5) is 5.13 Å². The summed E-state index contributed by atoms with van der Waals surface area (Å²) in [5.41, 5.74) is 4.36. The summed E-state index contributed by atoms with van der Waals surface area (Å²) in [7, 11) is 1.62. The van der Waals surface area contributed by atoms with Gasteiger partial charge in [0.1, 0.15) is 0 Å². The van der Waals surface area contributed by atoms with Gasteiger partial charge in [-0.05, 0) is 25.5 Å². The van der Waals surface area contributed by atoms with Crippen molar-refractivity contribution in [2.24, 2.45) is 5.10 Å². The number of esters is 1. The Morgan fingerprint density at radius 3 is 2.93 bits per heavy atom. The Kier molecular flexibility index (Phi) is 9.27. The lowest BCUT2D eigenvalue weighted by atomic mass is 10.2. The fourth-order valence-electron chi connectivity index (χ4n) is 2.43. The standard InChI is InChI=1S/C20H27N3O4S/c1-4-6-7-11-27-19-15(9-8-10-17(19)25-3)13-21-23-20-22-16(14-28-20)12-18(24)26-5-2/h8-10,13-14H,4-7,11-12H2,1-3H3,(H,22,23). The van der Waals surface area contributed by atoms with Crippen molar-refractivity contribution < 1.29 is 19.0 Å². The number of carbonyl (C=O) groups is 1. The van der Waals surface area contributed by atoms with Crippen LogP contribution in [0.5, 0.6) is 11.5 Å². The van der Waals surface area contributed by atoms with Crippen LogP contribution in [0.1, 0.15) is 44.4 Å². The van der Waals surface area contributed by atoms with Gasteiger partial charge in [-0.25, -0.2) is 4.98 Å². The smallest absolute Gasteiger partial charge is 0.311 e. The minimum Gasteiger partial charge on any atom is -0.493 e. The average Bonchev–Trinajstić information content (AvgIpc) is 3.13. The summed E-state index contributed by atoms with van der Waals surface area (Å²) in [4.78, 5) is 15.8. The number of hydrogen-bond donors (Lipinski definition) is 1. The van der Waals surface area contributed by atoms with Gasteiger partial charge in [-0.1, -0.05) is 25.8 Å². The second-order valence-corrected chi connectivity index (χ2v) is 6.79. The van der Waals surface area contributed by atoms with Crippen LogP contribution in [0, 0.1) is 0 Å². The highest BCUT2D eigenvalue weighted by atomic mass is 32.1. The number of nitrogens with zero attached hydrogens (tertiary/aromatic N) is 2. The molecule has 0 saturated carbocycles. The molecule has 0 aliphatic carbocycles. The molecule has 28 heavy (non-hydrogen) atoms. The molecule has 1 aromatic carbocycles. The van der Waals surface area contributed by atoms with Crippen molar-refractivity contribution in [2.45, 2.75) is 39.5 Å². The molecule has 0 bridgehead atoms. The molecule has 0 saturated heterocycles. The largest absolute Gasteiger partial charge is 0.493 e. The number of unbranched alkanes of at least 4 members (excludes halogenated alkanes) is 2. The number of hydrazone groups is 1. The molecule has 0 aliphatic rings. The third-order valence-corrected chi connectivity index (χ3v) is 4.57. The van der Waals surface area contributed by atoms with Gasteiger partial charge in [0.2, 0.25) is 5.13 Å². The third kappa shape index (κ3) is 6.84. The second kappa shape index (κ2) is 12.0. The highest BCUT2D eigenvalue weighted by Crippen LogP contribution is 2.30. The van der Waals surface area contributed by atoms with E-state index in [9.17, 15) is 4.79 Å². The Bertz CT molecular complexity index is 777. The molecule has 0 unspecified atom stereocenters. The normalized spacial score (nSPS) is 10.8. The number of hydrogen-bond acceptors (Lipinski definition) is 8. The molecular formula is C20H27N3O4S. The zero-order valence-electron chi connectivity index (χ0n) is 16.6. The zero-order chi connectivity index (χ0) is 20.2. The summed E-state index contributed by atoms with van der Waals surface area (Å²) in [6.45, 7) is 4.93. The van der Waals surface area contributed by atoms with E-state index in [1.54, 1.807) is 20.2 Å². The first-order chi connectivity index (χ1) is 13.7. The Labute approximate surface area is 169 Å². The highest BCUT2D eigenvalue weighted by molar-refractivity contribution is 7.13. The summed E-state index contributed by atoms with van der Waals surface area (Å²) in [6.07, 6.45) is 5.08. The minimum absolute atomic E-state index is 0.154. The van der Waals surface area contributed by atoms with Crippen molar-refractivity contribution in [3.05, 3.63) is 34.8 Å². The molecule has 8 heteroatoms. The molecule has 1 N–H and O–H groups in total. The third-order valence-electron chi connectivity index (χ3n) is 3.77. The summed E-state index contributed by atoms with van der Waals surface area (Å²) >= 11 is 1.38. The maximum Gasteiger partial charge on any atom is 0.311 e. The van der Waals surface area contributed by atoms with Crippen LogP contribution in [0.25, 0.3) is 0 Å². The molecule has 2 aromatic rings. The van der Waals surface area contributed by atoms with E-state index in [2.05, 4.69) is 22.4 Å². The summed E-state index contributed by atoms with van der Waals surface area (Å²) in [5, 5.41) is 6.65. The molecule has 0 amide bonds. The molecule has 0 aliphatic heterocycles. The number of anilines is 1. The van der Waals surface area contributed by atoms with Crippen LogP contribution < -0.4 is 14.9 Å².